The number of nitrogens with one attached hydrogen (secondary N) is 1. The fourth-order valence-corrected chi connectivity index (χ4v) is 4.99. The molecule has 2 amide bonds. The third-order valence-corrected chi connectivity index (χ3v) is 6.71. The van der Waals surface area contributed by atoms with Crippen molar-refractivity contribution >= 4 is 17.7 Å². The molecule has 0 saturated heterocycles. The monoisotopic (exact) mass is 562 g/mol. The number of carbonyl (C=O) groups is 2. The van der Waals surface area contributed by atoms with Gasteiger partial charge in [-0.15, -0.1) is 0 Å². The number of nitrogens with zero attached hydrogens (tertiary/aromatic N) is 3. The molecule has 0 aliphatic carbocycles. The molecule has 0 fully saturated rings. The van der Waals surface area contributed by atoms with Crippen LogP contribution in [-0.2, 0) is 34.2 Å². The molecule has 0 radical (unpaired) electrons. The summed E-state index contributed by atoms with van der Waals surface area (Å²) in [4.78, 5) is 31.2. The molecular formula is C30H41F3N4O3. The van der Waals surface area contributed by atoms with E-state index in [-0.39, 0.29) is 37.2 Å². The molecule has 0 aromatic heterocycles. The second-order valence-electron chi connectivity index (χ2n) is 12.2. The van der Waals surface area contributed by atoms with E-state index in [1.807, 2.05) is 71.8 Å². The maximum Gasteiger partial charge on any atom is 0.416 e. The van der Waals surface area contributed by atoms with Gasteiger partial charge in [-0.25, -0.2) is 4.79 Å². The maximum atomic E-state index is 13.6. The molecule has 0 spiro atoms. The Balaban J connectivity index is 1.80. The molecule has 0 saturated carbocycles. The van der Waals surface area contributed by atoms with E-state index in [1.54, 1.807) is 11.0 Å². The normalized spacial score (nSPS) is 15.0. The van der Waals surface area contributed by atoms with Crippen molar-refractivity contribution in [1.29, 1.82) is 0 Å². The van der Waals surface area contributed by atoms with Gasteiger partial charge in [-0.05, 0) is 63.7 Å². The summed E-state index contributed by atoms with van der Waals surface area (Å²) < 4.78 is 46.4. The van der Waals surface area contributed by atoms with Crippen LogP contribution in [0.15, 0.2) is 42.5 Å². The van der Waals surface area contributed by atoms with E-state index in [4.69, 9.17) is 4.74 Å². The molecule has 1 aliphatic rings. The summed E-state index contributed by atoms with van der Waals surface area (Å²) in [6, 6.07) is 11.1. The van der Waals surface area contributed by atoms with Crippen LogP contribution in [0.1, 0.15) is 56.9 Å². The Kier molecular flexibility index (Phi) is 9.44. The zero-order chi connectivity index (χ0) is 29.9. The molecule has 1 aliphatic heterocycles. The number of hydrogen-bond acceptors (Lipinski definition) is 5. The minimum Gasteiger partial charge on any atom is -0.444 e. The number of fused-ring (bicyclic) bond motifs is 1. The van der Waals surface area contributed by atoms with Crippen LogP contribution in [0.4, 0.5) is 23.7 Å². The van der Waals surface area contributed by atoms with E-state index < -0.39 is 22.8 Å². The van der Waals surface area contributed by atoms with Crippen molar-refractivity contribution in [2.75, 3.05) is 45.6 Å². The van der Waals surface area contributed by atoms with Crippen LogP contribution >= 0.6 is 0 Å². The number of benzene rings is 2. The molecule has 1 heterocycles. The van der Waals surface area contributed by atoms with Crippen molar-refractivity contribution in [1.82, 2.24) is 14.7 Å². The van der Waals surface area contributed by atoms with E-state index in [0.29, 0.717) is 19.6 Å². The summed E-state index contributed by atoms with van der Waals surface area (Å²) in [6.45, 7) is 10.9. The number of rotatable bonds is 8. The van der Waals surface area contributed by atoms with Crippen LogP contribution in [0.2, 0.25) is 0 Å². The van der Waals surface area contributed by atoms with Gasteiger partial charge in [0.15, 0.2) is 0 Å². The molecule has 2 aromatic carbocycles. The number of anilines is 1. The topological polar surface area (TPSA) is 65.1 Å². The second-order valence-corrected chi connectivity index (χ2v) is 12.2. The van der Waals surface area contributed by atoms with Crippen LogP contribution in [0.3, 0.4) is 0 Å². The highest BCUT2D eigenvalue weighted by molar-refractivity contribution is 5.81. The molecule has 40 heavy (non-hydrogen) atoms. The largest absolute Gasteiger partial charge is 0.444 e. The number of halogens is 3. The average Bonchev–Trinajstić information content (AvgIpc) is 2.82. The Morgan fingerprint density at radius 2 is 1.70 bits per heavy atom. The number of likely N-dealkylation sites (N-methyl/N-ethyl adjacent to an activating group) is 1. The smallest absolute Gasteiger partial charge is 0.416 e. The quantitative estimate of drug-likeness (QED) is 0.445. The van der Waals surface area contributed by atoms with E-state index >= 15 is 0 Å². The molecular weight excluding hydrogens is 521 g/mol. The van der Waals surface area contributed by atoms with Crippen LogP contribution in [0, 0.1) is 0 Å². The molecule has 0 bridgehead atoms. The Bertz CT molecular complexity index is 1210. The van der Waals surface area contributed by atoms with E-state index in [0.717, 1.165) is 22.9 Å². The summed E-state index contributed by atoms with van der Waals surface area (Å²) in [5.74, 6) is -0.305. The lowest BCUT2D eigenvalue weighted by molar-refractivity contribution is -0.139. The summed E-state index contributed by atoms with van der Waals surface area (Å²) in [5.41, 5.74) is 0.995. The third-order valence-electron chi connectivity index (χ3n) is 6.71. The Morgan fingerprint density at radius 1 is 1.02 bits per heavy atom. The molecule has 7 nitrogen and oxygen atoms in total. The van der Waals surface area contributed by atoms with Gasteiger partial charge in [-0.3, -0.25) is 4.79 Å². The molecule has 0 unspecified atom stereocenters. The standard InChI is InChI=1S/C30H41F3N4O3/c1-28(2,3)40-27(39)37-19-22-12-10-14-24(26(22)29(4,5)20-37)34-17-25(38)36(16-15-35(6)7)18-21-11-8-9-13-23(21)30(31,32)33/h8-14,34H,15-20H2,1-7H3. The van der Waals surface area contributed by atoms with Crippen molar-refractivity contribution in [2.24, 2.45) is 0 Å². The first-order valence-corrected chi connectivity index (χ1v) is 13.4. The Morgan fingerprint density at radius 3 is 2.33 bits per heavy atom. The average molecular weight is 563 g/mol. The van der Waals surface area contributed by atoms with E-state index in [9.17, 15) is 22.8 Å². The summed E-state index contributed by atoms with van der Waals surface area (Å²) in [6.07, 6.45) is -4.89. The number of hydrogen-bond donors (Lipinski definition) is 1. The number of carbonyl (C=O) groups excluding carboxylic acids is 2. The van der Waals surface area contributed by atoms with Gasteiger partial charge in [0.2, 0.25) is 5.91 Å². The van der Waals surface area contributed by atoms with Gasteiger partial charge in [-0.2, -0.15) is 13.2 Å². The van der Waals surface area contributed by atoms with Crippen molar-refractivity contribution in [3.8, 4) is 0 Å². The predicted molar refractivity (Wildman–Crippen MR) is 150 cm³/mol. The Hall–Kier alpha value is -3.27. The van der Waals surface area contributed by atoms with Gasteiger partial charge < -0.3 is 24.8 Å². The number of alkyl halides is 3. The molecule has 0 atom stereocenters. The molecule has 10 heteroatoms. The molecule has 220 valence electrons. The van der Waals surface area contributed by atoms with Crippen LogP contribution < -0.4 is 5.32 Å². The van der Waals surface area contributed by atoms with Gasteiger partial charge in [-0.1, -0.05) is 44.2 Å². The lowest BCUT2D eigenvalue weighted by Gasteiger charge is -2.41. The first-order valence-electron chi connectivity index (χ1n) is 13.4. The lowest BCUT2D eigenvalue weighted by Crippen LogP contribution is -2.47. The number of amides is 2. The maximum absolute atomic E-state index is 13.6. The molecule has 1 N–H and O–H groups in total. The second kappa shape index (κ2) is 12.1. The van der Waals surface area contributed by atoms with Crippen LogP contribution in [0.25, 0.3) is 0 Å². The van der Waals surface area contributed by atoms with E-state index in [1.165, 1.54) is 17.0 Å². The summed E-state index contributed by atoms with van der Waals surface area (Å²) >= 11 is 0. The van der Waals surface area contributed by atoms with Gasteiger partial charge in [0.25, 0.3) is 0 Å². The highest BCUT2D eigenvalue weighted by Crippen LogP contribution is 2.39. The fraction of sp³-hybridized carbons (Fsp3) is 0.533. The van der Waals surface area contributed by atoms with Gasteiger partial charge in [0.05, 0.1) is 12.1 Å². The fourth-order valence-electron chi connectivity index (χ4n) is 4.99. The van der Waals surface area contributed by atoms with Crippen LogP contribution in [-0.4, -0.2) is 72.6 Å². The minimum atomic E-state index is -4.51. The van der Waals surface area contributed by atoms with Gasteiger partial charge >= 0.3 is 12.3 Å². The van der Waals surface area contributed by atoms with Crippen LogP contribution in [0.5, 0.6) is 0 Å². The number of ether oxygens (including phenoxy) is 1. The van der Waals surface area contributed by atoms with Crippen molar-refractivity contribution in [3.63, 3.8) is 0 Å². The van der Waals surface area contributed by atoms with Crippen molar-refractivity contribution in [2.45, 2.75) is 64.9 Å². The molecule has 3 rings (SSSR count). The van der Waals surface area contributed by atoms with Gasteiger partial charge in [0.1, 0.15) is 5.60 Å². The Labute approximate surface area is 235 Å². The lowest BCUT2D eigenvalue weighted by atomic mass is 9.77. The van der Waals surface area contributed by atoms with Crippen molar-refractivity contribution < 1.29 is 27.5 Å². The third kappa shape index (κ3) is 8.13. The van der Waals surface area contributed by atoms with Crippen molar-refractivity contribution in [3.05, 3.63) is 64.7 Å². The SMILES string of the molecule is CN(C)CCN(Cc1ccccc1C(F)(F)F)C(=O)CNc1cccc2c1C(C)(C)CN(C(=O)OC(C)(C)C)C2. The first-order chi connectivity index (χ1) is 18.5. The molecule has 2 aromatic rings. The minimum absolute atomic E-state index is 0.0579. The first kappa shape index (κ1) is 31.3. The summed E-state index contributed by atoms with van der Waals surface area (Å²) in [7, 11) is 3.70. The highest BCUT2D eigenvalue weighted by atomic mass is 19.4. The predicted octanol–water partition coefficient (Wildman–Crippen LogP) is 5.74. The summed E-state index contributed by atoms with van der Waals surface area (Å²) in [5, 5.41) is 3.25. The van der Waals surface area contributed by atoms with Gasteiger partial charge in [0, 0.05) is 43.8 Å². The zero-order valence-corrected chi connectivity index (χ0v) is 24.5. The van der Waals surface area contributed by atoms with E-state index in [2.05, 4.69) is 5.32 Å². The highest BCUT2D eigenvalue weighted by Gasteiger charge is 2.38. The zero-order valence-electron chi connectivity index (χ0n) is 24.5.